The maximum absolute atomic E-state index is 14.2. The first-order chi connectivity index (χ1) is 13.1. The molecular formula is C20H27BF3NO4. The van der Waals surface area contributed by atoms with E-state index in [1.54, 1.807) is 20.8 Å². The average molecular weight is 413 g/mol. The highest BCUT2D eigenvalue weighted by Crippen LogP contribution is 2.39. The molecule has 2 rings (SSSR count). The number of amides is 1. The third kappa shape index (κ3) is 5.54. The van der Waals surface area contributed by atoms with Gasteiger partial charge in [-0.25, -0.2) is 18.0 Å². The summed E-state index contributed by atoms with van der Waals surface area (Å²) in [6.07, 6.45) is 0.586. The highest BCUT2D eigenvalue weighted by atomic mass is 19.2. The molecule has 0 unspecified atom stereocenters. The van der Waals surface area contributed by atoms with Crippen LogP contribution in [-0.4, -0.2) is 36.6 Å². The normalized spacial score (nSPS) is 18.7. The van der Waals surface area contributed by atoms with E-state index in [1.165, 1.54) is 6.08 Å². The number of halogens is 3. The number of benzene rings is 1. The van der Waals surface area contributed by atoms with Crippen molar-refractivity contribution in [3.8, 4) is 0 Å². The van der Waals surface area contributed by atoms with E-state index in [4.69, 9.17) is 14.0 Å². The summed E-state index contributed by atoms with van der Waals surface area (Å²) in [6, 6.07) is 1.93. The van der Waals surface area contributed by atoms with Gasteiger partial charge in [0.2, 0.25) is 0 Å². The van der Waals surface area contributed by atoms with Crippen LogP contribution >= 0.6 is 0 Å². The zero-order valence-corrected chi connectivity index (χ0v) is 17.8. The maximum atomic E-state index is 14.2. The van der Waals surface area contributed by atoms with Crippen LogP contribution in [0.3, 0.4) is 0 Å². The third-order valence-electron chi connectivity index (χ3n) is 4.80. The van der Waals surface area contributed by atoms with E-state index in [1.807, 2.05) is 27.7 Å². The van der Waals surface area contributed by atoms with Crippen LogP contribution in [0.4, 0.5) is 18.0 Å². The van der Waals surface area contributed by atoms with Crippen molar-refractivity contribution in [1.29, 1.82) is 0 Å². The van der Waals surface area contributed by atoms with Gasteiger partial charge in [0, 0.05) is 12.1 Å². The lowest BCUT2D eigenvalue weighted by atomic mass is 9.77. The van der Waals surface area contributed by atoms with Gasteiger partial charge in [-0.2, -0.15) is 0 Å². The van der Waals surface area contributed by atoms with Crippen LogP contribution in [0, 0.1) is 17.5 Å². The Labute approximate surface area is 169 Å². The molecular weight excluding hydrogens is 386 g/mol. The zero-order valence-electron chi connectivity index (χ0n) is 17.8. The first-order valence-corrected chi connectivity index (χ1v) is 9.29. The summed E-state index contributed by atoms with van der Waals surface area (Å²) in [5.74, 6) is -4.20. The number of ether oxygens (including phenoxy) is 1. The molecule has 1 aliphatic heterocycles. The van der Waals surface area contributed by atoms with Crippen molar-refractivity contribution in [2.75, 3.05) is 6.54 Å². The quantitative estimate of drug-likeness (QED) is 0.577. The van der Waals surface area contributed by atoms with Crippen LogP contribution in [-0.2, 0) is 14.0 Å². The van der Waals surface area contributed by atoms with Gasteiger partial charge in [0.1, 0.15) is 5.60 Å². The van der Waals surface area contributed by atoms with Crippen molar-refractivity contribution in [3.63, 3.8) is 0 Å². The highest BCUT2D eigenvalue weighted by molar-refractivity contribution is 6.56. The molecule has 1 saturated heterocycles. The van der Waals surface area contributed by atoms with Gasteiger partial charge in [0.05, 0.1) is 11.2 Å². The van der Waals surface area contributed by atoms with Gasteiger partial charge in [0.15, 0.2) is 17.5 Å². The lowest BCUT2D eigenvalue weighted by Crippen LogP contribution is -2.41. The minimum atomic E-state index is -1.58. The minimum Gasteiger partial charge on any atom is -0.444 e. The molecule has 0 spiro atoms. The molecule has 5 nitrogen and oxygen atoms in total. The molecule has 0 aliphatic carbocycles. The summed E-state index contributed by atoms with van der Waals surface area (Å²) < 4.78 is 58.2. The number of rotatable bonds is 4. The molecule has 1 aliphatic rings. The van der Waals surface area contributed by atoms with E-state index < -0.39 is 47.5 Å². The predicted molar refractivity (Wildman–Crippen MR) is 105 cm³/mol. The first kappa shape index (κ1) is 23.3. The number of carbonyl (C=O) groups is 1. The molecule has 0 aromatic heterocycles. The van der Waals surface area contributed by atoms with Gasteiger partial charge in [-0.1, -0.05) is 6.08 Å². The van der Waals surface area contributed by atoms with Crippen LogP contribution in [0.15, 0.2) is 17.6 Å². The Hall–Kier alpha value is -2.00. The second-order valence-electron chi connectivity index (χ2n) is 8.93. The molecule has 0 bridgehead atoms. The molecule has 1 fully saturated rings. The SMILES string of the molecule is CC(C)(C)OC(=O)NCC(=Cc1ccc(F)c(F)c1F)B1OC(C)(C)C(C)(C)O1. The summed E-state index contributed by atoms with van der Waals surface area (Å²) in [6.45, 7) is 12.4. The minimum absolute atomic E-state index is 0.107. The topological polar surface area (TPSA) is 56.8 Å². The van der Waals surface area contributed by atoms with E-state index in [0.29, 0.717) is 5.47 Å². The van der Waals surface area contributed by atoms with Crippen molar-refractivity contribution < 1.29 is 32.0 Å². The fraction of sp³-hybridized carbons (Fsp3) is 0.550. The van der Waals surface area contributed by atoms with Crippen molar-refractivity contribution in [3.05, 3.63) is 40.6 Å². The highest BCUT2D eigenvalue weighted by Gasteiger charge is 2.52. The molecule has 1 N–H and O–H groups in total. The van der Waals surface area contributed by atoms with Gasteiger partial charge >= 0.3 is 13.2 Å². The summed E-state index contributed by atoms with van der Waals surface area (Å²) in [5, 5.41) is 2.56. The molecule has 0 atom stereocenters. The number of nitrogens with one attached hydrogen (secondary N) is 1. The number of alkyl carbamates (subject to hydrolysis) is 1. The molecule has 0 saturated carbocycles. The van der Waals surface area contributed by atoms with Crippen LogP contribution < -0.4 is 5.32 Å². The van der Waals surface area contributed by atoms with Crippen LogP contribution in [0.25, 0.3) is 6.08 Å². The standard InChI is InChI=1S/C20H27BF3NO4/c1-18(2,3)27-17(26)25-11-13(21-28-19(4,5)20(6,7)29-21)10-12-8-9-14(22)16(24)15(12)23/h8-10H,11H2,1-7H3,(H,25,26). The second kappa shape index (κ2) is 8.03. The van der Waals surface area contributed by atoms with Crippen molar-refractivity contribution in [2.24, 2.45) is 0 Å². The fourth-order valence-corrected chi connectivity index (χ4v) is 2.54. The Bertz CT molecular complexity index is 803. The van der Waals surface area contributed by atoms with E-state index in [2.05, 4.69) is 5.32 Å². The lowest BCUT2D eigenvalue weighted by molar-refractivity contribution is 0.00578. The third-order valence-corrected chi connectivity index (χ3v) is 4.80. The summed E-state index contributed by atoms with van der Waals surface area (Å²) in [7, 11) is -0.928. The predicted octanol–water partition coefficient (Wildman–Crippen LogP) is 4.64. The van der Waals surface area contributed by atoms with E-state index in [0.717, 1.165) is 12.1 Å². The molecule has 1 aromatic carbocycles. The van der Waals surface area contributed by atoms with Crippen LogP contribution in [0.5, 0.6) is 0 Å². The van der Waals surface area contributed by atoms with Gasteiger partial charge in [-0.15, -0.1) is 0 Å². The Morgan fingerprint density at radius 1 is 1.10 bits per heavy atom. The molecule has 29 heavy (non-hydrogen) atoms. The maximum Gasteiger partial charge on any atom is 0.492 e. The van der Waals surface area contributed by atoms with Crippen molar-refractivity contribution >= 4 is 19.3 Å². The Morgan fingerprint density at radius 2 is 1.66 bits per heavy atom. The van der Waals surface area contributed by atoms with Gasteiger partial charge in [-0.3, -0.25) is 0 Å². The summed E-state index contributed by atoms with van der Waals surface area (Å²) in [4.78, 5) is 12.0. The smallest absolute Gasteiger partial charge is 0.444 e. The molecule has 1 amide bonds. The second-order valence-corrected chi connectivity index (χ2v) is 8.93. The van der Waals surface area contributed by atoms with Gasteiger partial charge in [-0.05, 0) is 66.1 Å². The molecule has 160 valence electrons. The molecule has 1 heterocycles. The molecule has 0 radical (unpaired) electrons. The number of hydrogen-bond donors (Lipinski definition) is 1. The fourth-order valence-electron chi connectivity index (χ4n) is 2.54. The number of carbonyl (C=O) groups excluding carboxylic acids is 1. The Morgan fingerprint density at radius 3 is 2.17 bits per heavy atom. The van der Waals surface area contributed by atoms with Crippen LogP contribution in [0.1, 0.15) is 54.0 Å². The molecule has 9 heteroatoms. The zero-order chi connectivity index (χ0) is 22.2. The average Bonchev–Trinajstić information content (AvgIpc) is 2.77. The van der Waals surface area contributed by atoms with E-state index in [9.17, 15) is 18.0 Å². The largest absolute Gasteiger partial charge is 0.492 e. The van der Waals surface area contributed by atoms with E-state index >= 15 is 0 Å². The van der Waals surface area contributed by atoms with Crippen LogP contribution in [0.2, 0.25) is 0 Å². The van der Waals surface area contributed by atoms with Gasteiger partial charge < -0.3 is 19.4 Å². The monoisotopic (exact) mass is 413 g/mol. The first-order valence-electron chi connectivity index (χ1n) is 9.29. The van der Waals surface area contributed by atoms with Crippen molar-refractivity contribution in [2.45, 2.75) is 65.3 Å². The lowest BCUT2D eigenvalue weighted by Gasteiger charge is -2.32. The summed E-state index contributed by atoms with van der Waals surface area (Å²) >= 11 is 0. The Balaban J connectivity index is 2.34. The van der Waals surface area contributed by atoms with Gasteiger partial charge in [0.25, 0.3) is 0 Å². The van der Waals surface area contributed by atoms with Crippen molar-refractivity contribution in [1.82, 2.24) is 5.32 Å². The summed E-state index contributed by atoms with van der Waals surface area (Å²) in [5.41, 5.74) is -1.95. The number of hydrogen-bond acceptors (Lipinski definition) is 4. The Kier molecular flexibility index (Phi) is 6.45. The molecule has 1 aromatic rings. The van der Waals surface area contributed by atoms with E-state index in [-0.39, 0.29) is 12.1 Å².